The zero-order valence-corrected chi connectivity index (χ0v) is 8.81. The molecule has 4 nitrogen and oxygen atoms in total. The highest BCUT2D eigenvalue weighted by molar-refractivity contribution is 5.80. The molecule has 0 atom stereocenters. The van der Waals surface area contributed by atoms with Gasteiger partial charge in [-0.15, -0.1) is 0 Å². The van der Waals surface area contributed by atoms with Crippen LogP contribution in [-0.4, -0.2) is 6.21 Å². The van der Waals surface area contributed by atoms with E-state index in [1.807, 2.05) is 31.2 Å². The van der Waals surface area contributed by atoms with Crippen LogP contribution in [0.25, 0.3) is 0 Å². The van der Waals surface area contributed by atoms with Crippen LogP contribution in [0.4, 0.5) is 0 Å². The number of nitrogens with two attached hydrogens (primary N) is 1. The molecule has 0 aliphatic heterocycles. The van der Waals surface area contributed by atoms with E-state index in [9.17, 15) is 0 Å². The van der Waals surface area contributed by atoms with E-state index in [-0.39, 0.29) is 11.4 Å². The summed E-state index contributed by atoms with van der Waals surface area (Å²) in [6.07, 6.45) is 1.50. The first-order valence-corrected chi connectivity index (χ1v) is 4.58. The molecule has 0 saturated carbocycles. The SMILES string of the molecule is Cc1ccc(C=N/C(C#N)=C(\N)C#N)cc1. The van der Waals surface area contributed by atoms with Gasteiger partial charge in [-0.1, -0.05) is 29.8 Å². The third-order valence-electron chi connectivity index (χ3n) is 1.90. The van der Waals surface area contributed by atoms with Crippen LogP contribution < -0.4 is 5.73 Å². The first-order chi connectivity index (χ1) is 7.67. The molecule has 0 heterocycles. The molecule has 1 aromatic rings. The maximum Gasteiger partial charge on any atom is 0.174 e. The highest BCUT2D eigenvalue weighted by Crippen LogP contribution is 2.03. The predicted molar refractivity (Wildman–Crippen MR) is 61.2 cm³/mol. The van der Waals surface area contributed by atoms with E-state index in [1.54, 1.807) is 12.1 Å². The minimum Gasteiger partial charge on any atom is -0.388 e. The largest absolute Gasteiger partial charge is 0.388 e. The minimum absolute atomic E-state index is 0.0666. The number of nitriles is 2. The lowest BCUT2D eigenvalue weighted by molar-refractivity contribution is 1.27. The zero-order valence-electron chi connectivity index (χ0n) is 8.81. The summed E-state index contributed by atoms with van der Waals surface area (Å²) in [4.78, 5) is 3.86. The topological polar surface area (TPSA) is 86.0 Å². The summed E-state index contributed by atoms with van der Waals surface area (Å²) < 4.78 is 0. The summed E-state index contributed by atoms with van der Waals surface area (Å²) in [5.41, 5.74) is 7.05. The van der Waals surface area contributed by atoms with Crippen molar-refractivity contribution in [1.29, 1.82) is 10.5 Å². The van der Waals surface area contributed by atoms with Gasteiger partial charge in [0.1, 0.15) is 17.8 Å². The van der Waals surface area contributed by atoms with Gasteiger partial charge in [0.05, 0.1) is 0 Å². The second-order valence-electron chi connectivity index (χ2n) is 3.15. The molecule has 0 saturated heterocycles. The Labute approximate surface area is 94.0 Å². The molecule has 0 fully saturated rings. The van der Waals surface area contributed by atoms with Crippen molar-refractivity contribution in [3.63, 3.8) is 0 Å². The van der Waals surface area contributed by atoms with Crippen molar-refractivity contribution >= 4 is 6.21 Å². The second-order valence-corrected chi connectivity index (χ2v) is 3.15. The smallest absolute Gasteiger partial charge is 0.174 e. The van der Waals surface area contributed by atoms with Crippen LogP contribution in [0.1, 0.15) is 11.1 Å². The van der Waals surface area contributed by atoms with E-state index in [1.165, 1.54) is 6.21 Å². The van der Waals surface area contributed by atoms with Gasteiger partial charge in [-0.3, -0.25) is 0 Å². The molecule has 0 radical (unpaired) electrons. The highest BCUT2D eigenvalue weighted by atomic mass is 14.8. The van der Waals surface area contributed by atoms with Crippen LogP contribution in [-0.2, 0) is 0 Å². The molecular weight excluding hydrogens is 200 g/mol. The van der Waals surface area contributed by atoms with Crippen molar-refractivity contribution in [3.05, 3.63) is 46.8 Å². The fourth-order valence-electron chi connectivity index (χ4n) is 1.00. The third-order valence-corrected chi connectivity index (χ3v) is 1.90. The number of rotatable bonds is 2. The Morgan fingerprint density at radius 1 is 1.25 bits per heavy atom. The average Bonchev–Trinajstić information content (AvgIpc) is 2.31. The lowest BCUT2D eigenvalue weighted by Crippen LogP contribution is -1.97. The number of nitrogens with zero attached hydrogens (tertiary/aromatic N) is 3. The third kappa shape index (κ3) is 2.97. The monoisotopic (exact) mass is 210 g/mol. The van der Waals surface area contributed by atoms with E-state index in [0.29, 0.717) is 0 Å². The molecule has 2 N–H and O–H groups in total. The van der Waals surface area contributed by atoms with Crippen LogP contribution in [0.3, 0.4) is 0 Å². The molecule has 78 valence electrons. The molecule has 0 unspecified atom stereocenters. The van der Waals surface area contributed by atoms with Crippen molar-refractivity contribution in [3.8, 4) is 12.1 Å². The van der Waals surface area contributed by atoms with E-state index >= 15 is 0 Å². The van der Waals surface area contributed by atoms with Crippen molar-refractivity contribution in [2.75, 3.05) is 0 Å². The molecule has 0 aromatic heterocycles. The molecule has 1 aromatic carbocycles. The van der Waals surface area contributed by atoms with Crippen molar-refractivity contribution in [2.45, 2.75) is 6.92 Å². The normalized spacial score (nSPS) is 11.7. The van der Waals surface area contributed by atoms with Crippen LogP contribution in [0.15, 0.2) is 40.7 Å². The van der Waals surface area contributed by atoms with E-state index in [4.69, 9.17) is 16.3 Å². The molecule has 0 bridgehead atoms. The Hall–Kier alpha value is -2.59. The van der Waals surface area contributed by atoms with Gasteiger partial charge < -0.3 is 5.73 Å². The number of benzene rings is 1. The first-order valence-electron chi connectivity index (χ1n) is 4.58. The predicted octanol–water partition coefficient (Wildman–Crippen LogP) is 1.63. The van der Waals surface area contributed by atoms with Crippen molar-refractivity contribution in [1.82, 2.24) is 0 Å². The van der Waals surface area contributed by atoms with E-state index in [0.717, 1.165) is 11.1 Å². The number of hydrogen-bond donors (Lipinski definition) is 1. The molecular formula is C12H10N4. The van der Waals surface area contributed by atoms with Gasteiger partial charge in [0.2, 0.25) is 0 Å². The summed E-state index contributed by atoms with van der Waals surface area (Å²) in [6, 6.07) is 11.1. The average molecular weight is 210 g/mol. The Balaban J connectivity index is 2.94. The van der Waals surface area contributed by atoms with Crippen LogP contribution in [0.2, 0.25) is 0 Å². The van der Waals surface area contributed by atoms with Crippen LogP contribution in [0, 0.1) is 29.6 Å². The summed E-state index contributed by atoms with van der Waals surface area (Å²) in [7, 11) is 0. The van der Waals surface area contributed by atoms with Crippen molar-refractivity contribution < 1.29 is 0 Å². The van der Waals surface area contributed by atoms with Gasteiger partial charge >= 0.3 is 0 Å². The lowest BCUT2D eigenvalue weighted by Gasteiger charge is -1.94. The van der Waals surface area contributed by atoms with Gasteiger partial charge in [-0.25, -0.2) is 4.99 Å². The molecule has 0 spiro atoms. The van der Waals surface area contributed by atoms with Gasteiger partial charge in [-0.05, 0) is 12.5 Å². The Morgan fingerprint density at radius 3 is 2.38 bits per heavy atom. The standard InChI is InChI=1S/C12H10N4/c1-9-2-4-10(5-3-9)8-16-12(7-14)11(15)6-13/h2-5,8H,15H2,1H3/b12-11-,16-8?. The van der Waals surface area contributed by atoms with Crippen LogP contribution >= 0.6 is 0 Å². The summed E-state index contributed by atoms with van der Waals surface area (Å²) in [5, 5.41) is 17.2. The summed E-state index contributed by atoms with van der Waals surface area (Å²) in [5.74, 6) is 0. The fourth-order valence-corrected chi connectivity index (χ4v) is 1.00. The number of aryl methyl sites for hydroxylation is 1. The molecule has 1 rings (SSSR count). The maximum atomic E-state index is 8.70. The molecule has 0 aliphatic rings. The second kappa shape index (κ2) is 5.33. The summed E-state index contributed by atoms with van der Waals surface area (Å²) >= 11 is 0. The first kappa shape index (κ1) is 11.5. The molecule has 0 aliphatic carbocycles. The van der Waals surface area contributed by atoms with E-state index in [2.05, 4.69) is 4.99 Å². The molecule has 4 heteroatoms. The highest BCUT2D eigenvalue weighted by Gasteiger charge is 1.98. The number of hydrogen-bond acceptors (Lipinski definition) is 4. The van der Waals surface area contributed by atoms with Gasteiger partial charge in [0, 0.05) is 6.21 Å². The Morgan fingerprint density at radius 2 is 1.88 bits per heavy atom. The Kier molecular flexibility index (Phi) is 3.83. The van der Waals surface area contributed by atoms with Crippen LogP contribution in [0.5, 0.6) is 0 Å². The molecule has 0 amide bonds. The fraction of sp³-hybridized carbons (Fsp3) is 0.0833. The minimum atomic E-state index is -0.175. The number of aliphatic imine (C=N–C) groups is 1. The quantitative estimate of drug-likeness (QED) is 0.594. The van der Waals surface area contributed by atoms with Gasteiger partial charge in [0.25, 0.3) is 0 Å². The summed E-state index contributed by atoms with van der Waals surface area (Å²) in [6.45, 7) is 1.98. The van der Waals surface area contributed by atoms with Crippen molar-refractivity contribution in [2.24, 2.45) is 10.7 Å². The number of allylic oxidation sites excluding steroid dienone is 2. The van der Waals surface area contributed by atoms with E-state index < -0.39 is 0 Å². The maximum absolute atomic E-state index is 8.70. The van der Waals surface area contributed by atoms with Gasteiger partial charge in [-0.2, -0.15) is 10.5 Å². The molecule has 16 heavy (non-hydrogen) atoms. The Bertz CT molecular complexity index is 509. The van der Waals surface area contributed by atoms with Gasteiger partial charge in [0.15, 0.2) is 5.70 Å². The zero-order chi connectivity index (χ0) is 12.0. The lowest BCUT2D eigenvalue weighted by atomic mass is 10.2.